The van der Waals surface area contributed by atoms with E-state index in [2.05, 4.69) is 67.6 Å². The van der Waals surface area contributed by atoms with E-state index in [1.54, 1.807) is 0 Å². The molecule has 0 N–H and O–H groups in total. The van der Waals surface area contributed by atoms with Crippen LogP contribution in [0.5, 0.6) is 0 Å². The Morgan fingerprint density at radius 3 is 2.90 bits per heavy atom. The van der Waals surface area contributed by atoms with E-state index in [1.165, 1.54) is 16.7 Å². The molecule has 1 aromatic heterocycles. The molecule has 0 saturated heterocycles. The molecule has 1 unspecified atom stereocenters. The van der Waals surface area contributed by atoms with Gasteiger partial charge in [0.1, 0.15) is 11.5 Å². The van der Waals surface area contributed by atoms with Gasteiger partial charge in [-0.15, -0.1) is 0 Å². The first-order valence-electron chi connectivity index (χ1n) is 7.14. The van der Waals surface area contributed by atoms with E-state index < -0.39 is 0 Å². The van der Waals surface area contributed by atoms with Crippen LogP contribution in [0.2, 0.25) is 0 Å². The number of rotatable bonds is 2. The average Bonchev–Trinajstić information content (AvgIpc) is 3.10. The smallest absolute Gasteiger partial charge is 0.134 e. The van der Waals surface area contributed by atoms with Crippen LogP contribution in [0.1, 0.15) is 29.7 Å². The molecule has 0 amide bonds. The summed E-state index contributed by atoms with van der Waals surface area (Å²) >= 11 is 0. The number of aryl methyl sites for hydroxylation is 1. The highest BCUT2D eigenvalue weighted by atomic mass is 16.3. The summed E-state index contributed by atoms with van der Waals surface area (Å²) in [7, 11) is 0. The predicted octanol–water partition coefficient (Wildman–Crippen LogP) is 5.12. The van der Waals surface area contributed by atoms with Gasteiger partial charge in [-0.25, -0.2) is 0 Å². The van der Waals surface area contributed by atoms with Gasteiger partial charge in [0, 0.05) is 17.9 Å². The maximum atomic E-state index is 5.85. The van der Waals surface area contributed by atoms with Crippen molar-refractivity contribution in [2.45, 2.75) is 19.3 Å². The van der Waals surface area contributed by atoms with Crippen LogP contribution in [0.15, 0.2) is 64.6 Å². The second-order valence-electron chi connectivity index (χ2n) is 5.33. The molecule has 98 valence electrons. The zero-order valence-electron chi connectivity index (χ0n) is 11.5. The second kappa shape index (κ2) is 4.38. The van der Waals surface area contributed by atoms with Gasteiger partial charge >= 0.3 is 0 Å². The number of benzene rings is 1. The molecule has 0 saturated carbocycles. The third-order valence-corrected chi connectivity index (χ3v) is 4.10. The topological polar surface area (TPSA) is 13.1 Å². The number of hydrogen-bond donors (Lipinski definition) is 0. The van der Waals surface area contributed by atoms with Crippen LogP contribution in [0.4, 0.5) is 0 Å². The molecule has 0 radical (unpaired) electrons. The quantitative estimate of drug-likeness (QED) is 0.730. The van der Waals surface area contributed by atoms with E-state index in [4.69, 9.17) is 4.42 Å². The molecule has 0 spiro atoms. The molecule has 2 aliphatic carbocycles. The molecule has 20 heavy (non-hydrogen) atoms. The van der Waals surface area contributed by atoms with E-state index >= 15 is 0 Å². The lowest BCUT2D eigenvalue weighted by Gasteiger charge is -2.12. The van der Waals surface area contributed by atoms with E-state index in [9.17, 15) is 0 Å². The third-order valence-electron chi connectivity index (χ3n) is 4.10. The molecule has 0 fully saturated rings. The maximum Gasteiger partial charge on any atom is 0.134 e. The van der Waals surface area contributed by atoms with Crippen LogP contribution in [-0.4, -0.2) is 0 Å². The largest absolute Gasteiger partial charge is 0.461 e. The van der Waals surface area contributed by atoms with E-state index in [0.717, 1.165) is 23.5 Å². The monoisotopic (exact) mass is 260 g/mol. The Morgan fingerprint density at radius 1 is 1.10 bits per heavy atom. The lowest BCUT2D eigenvalue weighted by Crippen LogP contribution is -1.95. The average molecular weight is 260 g/mol. The highest BCUT2D eigenvalue weighted by Crippen LogP contribution is 2.41. The van der Waals surface area contributed by atoms with Gasteiger partial charge in [-0.05, 0) is 34.9 Å². The molecule has 2 aromatic rings. The molecule has 0 aliphatic heterocycles. The lowest BCUT2D eigenvalue weighted by molar-refractivity contribution is 0.529. The molecular formula is C19H16O. The number of hydrogen-bond acceptors (Lipinski definition) is 1. The van der Waals surface area contributed by atoms with E-state index in [-0.39, 0.29) is 0 Å². The zero-order chi connectivity index (χ0) is 13.5. The summed E-state index contributed by atoms with van der Waals surface area (Å²) in [5.74, 6) is 2.44. The Bertz CT molecular complexity index is 756. The van der Waals surface area contributed by atoms with Gasteiger partial charge in [-0.2, -0.15) is 0 Å². The van der Waals surface area contributed by atoms with Gasteiger partial charge in [0.05, 0.1) is 0 Å². The molecule has 0 bridgehead atoms. The van der Waals surface area contributed by atoms with Crippen molar-refractivity contribution < 1.29 is 4.42 Å². The van der Waals surface area contributed by atoms with Gasteiger partial charge in [-0.3, -0.25) is 0 Å². The fourth-order valence-electron chi connectivity index (χ4n) is 3.02. The molecule has 2 aliphatic rings. The zero-order valence-corrected chi connectivity index (χ0v) is 11.5. The first kappa shape index (κ1) is 11.5. The van der Waals surface area contributed by atoms with Crippen molar-refractivity contribution in [3.63, 3.8) is 0 Å². The summed E-state index contributed by atoms with van der Waals surface area (Å²) in [5.41, 5.74) is 5.25. The lowest BCUT2D eigenvalue weighted by atomic mass is 9.92. The van der Waals surface area contributed by atoms with Crippen LogP contribution in [0.25, 0.3) is 17.4 Å². The Balaban J connectivity index is 1.77. The Kier molecular flexibility index (Phi) is 2.53. The minimum absolute atomic E-state index is 0.437. The summed E-state index contributed by atoms with van der Waals surface area (Å²) in [4.78, 5) is 0. The van der Waals surface area contributed by atoms with Crippen LogP contribution in [-0.2, 0) is 6.42 Å². The standard InChI is InChI=1S/C19H16O/c1-2-16-8-10-19(20-16)14-7-9-18-15(12-14)11-13-5-3-4-6-17(13)18/h3-12,17H,2H2,1H3. The molecular weight excluding hydrogens is 244 g/mol. The van der Waals surface area contributed by atoms with Gasteiger partial charge in [0.25, 0.3) is 0 Å². The number of fused-ring (bicyclic) bond motifs is 3. The molecule has 1 heterocycles. The van der Waals surface area contributed by atoms with Gasteiger partial charge in [0.15, 0.2) is 0 Å². The Morgan fingerprint density at radius 2 is 2.05 bits per heavy atom. The maximum absolute atomic E-state index is 5.85. The number of furan rings is 1. The van der Waals surface area contributed by atoms with Crippen LogP contribution in [0.3, 0.4) is 0 Å². The third kappa shape index (κ3) is 1.70. The predicted molar refractivity (Wildman–Crippen MR) is 82.5 cm³/mol. The normalized spacial score (nSPS) is 18.9. The summed E-state index contributed by atoms with van der Waals surface area (Å²) in [5, 5.41) is 0. The molecule has 1 nitrogen and oxygen atoms in total. The summed E-state index contributed by atoms with van der Waals surface area (Å²) in [6.45, 7) is 2.11. The molecule has 1 atom stereocenters. The first-order valence-corrected chi connectivity index (χ1v) is 7.14. The molecule has 4 rings (SSSR count). The van der Waals surface area contributed by atoms with Crippen molar-refractivity contribution >= 4 is 6.08 Å². The Labute approximate surface area is 118 Å². The van der Waals surface area contributed by atoms with E-state index in [0.29, 0.717) is 5.92 Å². The van der Waals surface area contributed by atoms with Crippen molar-refractivity contribution in [1.82, 2.24) is 0 Å². The van der Waals surface area contributed by atoms with Crippen molar-refractivity contribution in [2.24, 2.45) is 0 Å². The van der Waals surface area contributed by atoms with Crippen molar-refractivity contribution in [2.75, 3.05) is 0 Å². The molecule has 1 heteroatoms. The second-order valence-corrected chi connectivity index (χ2v) is 5.33. The SMILES string of the molecule is CCc1ccc(-c2ccc3c(c2)C=C2C=CC=CC23)o1. The fraction of sp³-hybridized carbons (Fsp3) is 0.158. The first-order chi connectivity index (χ1) is 9.85. The minimum Gasteiger partial charge on any atom is -0.461 e. The fourth-order valence-corrected chi connectivity index (χ4v) is 3.02. The summed E-state index contributed by atoms with van der Waals surface area (Å²) in [6, 6.07) is 10.8. The minimum atomic E-state index is 0.437. The van der Waals surface area contributed by atoms with Gasteiger partial charge in [0.2, 0.25) is 0 Å². The van der Waals surface area contributed by atoms with Crippen molar-refractivity contribution in [3.8, 4) is 11.3 Å². The van der Waals surface area contributed by atoms with Crippen molar-refractivity contribution in [1.29, 1.82) is 0 Å². The molecule has 1 aromatic carbocycles. The summed E-state index contributed by atoms with van der Waals surface area (Å²) < 4.78 is 5.85. The van der Waals surface area contributed by atoms with Gasteiger partial charge < -0.3 is 4.42 Å². The van der Waals surface area contributed by atoms with Crippen LogP contribution >= 0.6 is 0 Å². The number of allylic oxidation sites excluding steroid dienone is 5. The van der Waals surface area contributed by atoms with Crippen LogP contribution in [0, 0.1) is 0 Å². The van der Waals surface area contributed by atoms with Crippen molar-refractivity contribution in [3.05, 3.63) is 77.1 Å². The van der Waals surface area contributed by atoms with Gasteiger partial charge in [-0.1, -0.05) is 49.4 Å². The Hall–Kier alpha value is -2.28. The van der Waals surface area contributed by atoms with E-state index in [1.807, 2.05) is 0 Å². The van der Waals surface area contributed by atoms with Crippen LogP contribution < -0.4 is 0 Å². The highest BCUT2D eigenvalue weighted by Gasteiger charge is 2.23. The highest BCUT2D eigenvalue weighted by molar-refractivity contribution is 5.75. The summed E-state index contributed by atoms with van der Waals surface area (Å²) in [6.07, 6.45) is 11.9.